The van der Waals surface area contributed by atoms with Crippen LogP contribution in [-0.4, -0.2) is 38.8 Å². The number of rotatable bonds is 5. The molecule has 6 nitrogen and oxygen atoms in total. The Hall–Kier alpha value is -1.43. The number of aliphatic hydroxyl groups excluding tert-OH is 1. The zero-order valence-corrected chi connectivity index (χ0v) is 9.82. The molecule has 0 radical (unpaired) electrons. The van der Waals surface area contributed by atoms with Crippen molar-refractivity contribution in [3.63, 3.8) is 0 Å². The molecule has 0 aromatic carbocycles. The van der Waals surface area contributed by atoms with Gasteiger partial charge in [0.25, 0.3) is 5.91 Å². The molecule has 1 aromatic heterocycles. The molecule has 0 aliphatic rings. The maximum absolute atomic E-state index is 11.5. The van der Waals surface area contributed by atoms with Crippen LogP contribution in [0.3, 0.4) is 0 Å². The van der Waals surface area contributed by atoms with Crippen molar-refractivity contribution in [2.45, 2.75) is 39.2 Å². The first-order chi connectivity index (χ1) is 7.54. The average molecular weight is 226 g/mol. The third kappa shape index (κ3) is 3.30. The molecule has 1 unspecified atom stereocenters. The Bertz CT molecular complexity index is 348. The number of aromatic amines is 1. The van der Waals surface area contributed by atoms with Crippen LogP contribution in [0.25, 0.3) is 0 Å². The van der Waals surface area contributed by atoms with Gasteiger partial charge in [0.05, 0.1) is 6.10 Å². The quantitative estimate of drug-likeness (QED) is 0.679. The minimum absolute atomic E-state index is 0.118. The molecule has 3 N–H and O–H groups in total. The van der Waals surface area contributed by atoms with E-state index in [1.165, 1.54) is 0 Å². The second-order valence-electron chi connectivity index (χ2n) is 3.97. The molecule has 90 valence electrons. The number of nitrogens with one attached hydrogen (secondary N) is 2. The predicted octanol–water partition coefficient (Wildman–Crippen LogP) is 0.429. The fourth-order valence-electron chi connectivity index (χ4n) is 1.07. The number of aliphatic hydroxyl groups is 1. The van der Waals surface area contributed by atoms with E-state index in [9.17, 15) is 9.90 Å². The smallest absolute Gasteiger partial charge is 0.291 e. The van der Waals surface area contributed by atoms with Crippen molar-refractivity contribution in [1.82, 2.24) is 20.5 Å². The highest BCUT2D eigenvalue weighted by molar-refractivity contribution is 5.90. The van der Waals surface area contributed by atoms with E-state index in [-0.39, 0.29) is 24.2 Å². The summed E-state index contributed by atoms with van der Waals surface area (Å²) in [5.41, 5.74) is 0. The number of aromatic nitrogens is 3. The minimum Gasteiger partial charge on any atom is -0.391 e. The Morgan fingerprint density at radius 2 is 2.25 bits per heavy atom. The number of carbonyl (C=O) groups is 1. The fourth-order valence-corrected chi connectivity index (χ4v) is 1.07. The van der Waals surface area contributed by atoms with E-state index in [0.29, 0.717) is 12.2 Å². The summed E-state index contributed by atoms with van der Waals surface area (Å²) in [7, 11) is 0. The van der Waals surface area contributed by atoms with E-state index in [4.69, 9.17) is 0 Å². The van der Waals surface area contributed by atoms with Crippen molar-refractivity contribution in [3.05, 3.63) is 11.6 Å². The molecule has 0 aliphatic heterocycles. The van der Waals surface area contributed by atoms with E-state index in [2.05, 4.69) is 20.5 Å². The van der Waals surface area contributed by atoms with Crippen LogP contribution in [0.2, 0.25) is 0 Å². The number of H-pyrrole nitrogens is 1. The molecule has 0 saturated heterocycles. The molecule has 0 bridgehead atoms. The van der Waals surface area contributed by atoms with E-state index in [0.717, 1.165) is 0 Å². The van der Waals surface area contributed by atoms with Crippen molar-refractivity contribution < 1.29 is 9.90 Å². The van der Waals surface area contributed by atoms with Gasteiger partial charge in [0.15, 0.2) is 0 Å². The largest absolute Gasteiger partial charge is 0.391 e. The van der Waals surface area contributed by atoms with Crippen LogP contribution < -0.4 is 5.32 Å². The molecule has 1 rings (SSSR count). The van der Waals surface area contributed by atoms with Gasteiger partial charge in [0.1, 0.15) is 5.82 Å². The summed E-state index contributed by atoms with van der Waals surface area (Å²) >= 11 is 0. The van der Waals surface area contributed by atoms with Crippen molar-refractivity contribution in [2.24, 2.45) is 0 Å². The van der Waals surface area contributed by atoms with E-state index >= 15 is 0 Å². The molecule has 1 atom stereocenters. The monoisotopic (exact) mass is 226 g/mol. The van der Waals surface area contributed by atoms with Gasteiger partial charge in [-0.25, -0.2) is 4.98 Å². The number of nitrogens with zero attached hydrogens (tertiary/aromatic N) is 2. The maximum atomic E-state index is 11.5. The molecule has 0 spiro atoms. The predicted molar refractivity (Wildman–Crippen MR) is 59.1 cm³/mol. The van der Waals surface area contributed by atoms with Gasteiger partial charge >= 0.3 is 0 Å². The van der Waals surface area contributed by atoms with Crippen LogP contribution in [0, 0.1) is 0 Å². The van der Waals surface area contributed by atoms with Crippen LogP contribution in [0.15, 0.2) is 0 Å². The number of hydrogen-bond donors (Lipinski definition) is 3. The standard InChI is InChI=1S/C10H18N4O2/c1-4-7(15)5-11-10(16)9-12-8(6(2)3)13-14-9/h6-7,15H,4-5H2,1-3H3,(H,11,16)(H,12,13,14). The Labute approximate surface area is 94.5 Å². The first-order valence-electron chi connectivity index (χ1n) is 5.43. The summed E-state index contributed by atoms with van der Waals surface area (Å²) in [6, 6.07) is 0. The second kappa shape index (κ2) is 5.60. The highest BCUT2D eigenvalue weighted by Gasteiger charge is 2.14. The van der Waals surface area contributed by atoms with Crippen molar-refractivity contribution in [2.75, 3.05) is 6.54 Å². The third-order valence-corrected chi connectivity index (χ3v) is 2.22. The molecule has 16 heavy (non-hydrogen) atoms. The van der Waals surface area contributed by atoms with Gasteiger partial charge in [0.2, 0.25) is 5.82 Å². The molecule has 1 aromatic rings. The summed E-state index contributed by atoms with van der Waals surface area (Å²) in [6.45, 7) is 5.99. The van der Waals surface area contributed by atoms with Gasteiger partial charge in [0, 0.05) is 12.5 Å². The lowest BCUT2D eigenvalue weighted by atomic mass is 10.2. The van der Waals surface area contributed by atoms with Gasteiger partial charge < -0.3 is 10.4 Å². The van der Waals surface area contributed by atoms with Crippen LogP contribution in [0.4, 0.5) is 0 Å². The Morgan fingerprint density at radius 1 is 1.56 bits per heavy atom. The maximum Gasteiger partial charge on any atom is 0.291 e. The van der Waals surface area contributed by atoms with Gasteiger partial charge in [-0.1, -0.05) is 20.8 Å². The highest BCUT2D eigenvalue weighted by atomic mass is 16.3. The highest BCUT2D eigenvalue weighted by Crippen LogP contribution is 2.07. The average Bonchev–Trinajstić information content (AvgIpc) is 2.74. The Kier molecular flexibility index (Phi) is 4.42. The Morgan fingerprint density at radius 3 is 2.75 bits per heavy atom. The van der Waals surface area contributed by atoms with Crippen LogP contribution in [0.1, 0.15) is 49.6 Å². The van der Waals surface area contributed by atoms with Gasteiger partial charge in [-0.05, 0) is 6.42 Å². The van der Waals surface area contributed by atoms with Crippen LogP contribution in [-0.2, 0) is 0 Å². The lowest BCUT2D eigenvalue weighted by molar-refractivity contribution is 0.0904. The molecule has 0 aliphatic carbocycles. The Balaban J connectivity index is 2.53. The third-order valence-electron chi connectivity index (χ3n) is 2.22. The van der Waals surface area contributed by atoms with Gasteiger partial charge in [-0.15, -0.1) is 5.10 Å². The lowest BCUT2D eigenvalue weighted by Gasteiger charge is -2.07. The first-order valence-corrected chi connectivity index (χ1v) is 5.43. The van der Waals surface area contributed by atoms with Crippen molar-refractivity contribution in [3.8, 4) is 0 Å². The van der Waals surface area contributed by atoms with Crippen molar-refractivity contribution >= 4 is 5.91 Å². The van der Waals surface area contributed by atoms with Crippen LogP contribution in [0.5, 0.6) is 0 Å². The molecule has 6 heteroatoms. The van der Waals surface area contributed by atoms with Gasteiger partial charge in [-0.2, -0.15) is 0 Å². The fraction of sp³-hybridized carbons (Fsp3) is 0.700. The summed E-state index contributed by atoms with van der Waals surface area (Å²) < 4.78 is 0. The molecule has 0 saturated carbocycles. The second-order valence-corrected chi connectivity index (χ2v) is 3.97. The molecule has 1 heterocycles. The SMILES string of the molecule is CCC(O)CNC(=O)c1n[nH]c(C(C)C)n1. The van der Waals surface area contributed by atoms with E-state index < -0.39 is 6.10 Å². The normalized spacial score (nSPS) is 12.8. The zero-order valence-electron chi connectivity index (χ0n) is 9.82. The zero-order chi connectivity index (χ0) is 12.1. The van der Waals surface area contributed by atoms with Crippen LogP contribution >= 0.6 is 0 Å². The van der Waals surface area contributed by atoms with E-state index in [1.807, 2.05) is 20.8 Å². The topological polar surface area (TPSA) is 90.9 Å². The summed E-state index contributed by atoms with van der Waals surface area (Å²) in [6.07, 6.45) is 0.0818. The summed E-state index contributed by atoms with van der Waals surface area (Å²) in [5, 5.41) is 18.4. The number of amides is 1. The summed E-state index contributed by atoms with van der Waals surface area (Å²) in [5.74, 6) is 0.638. The number of hydrogen-bond acceptors (Lipinski definition) is 4. The first kappa shape index (κ1) is 12.6. The number of carbonyl (C=O) groups excluding carboxylic acids is 1. The van der Waals surface area contributed by atoms with Crippen molar-refractivity contribution in [1.29, 1.82) is 0 Å². The molecule has 0 fully saturated rings. The van der Waals surface area contributed by atoms with Gasteiger partial charge in [-0.3, -0.25) is 9.89 Å². The summed E-state index contributed by atoms with van der Waals surface area (Å²) in [4.78, 5) is 15.6. The lowest BCUT2D eigenvalue weighted by Crippen LogP contribution is -2.32. The molecular weight excluding hydrogens is 208 g/mol. The molecule has 1 amide bonds. The van der Waals surface area contributed by atoms with E-state index in [1.54, 1.807) is 0 Å². The minimum atomic E-state index is -0.521. The molecular formula is C10H18N4O2.